The molecule has 0 bridgehead atoms. The summed E-state index contributed by atoms with van der Waals surface area (Å²) in [5, 5.41) is 7.45. The first kappa shape index (κ1) is 20.5. The smallest absolute Gasteiger partial charge is 0.318 e. The molecule has 0 unspecified atom stereocenters. The van der Waals surface area contributed by atoms with Crippen molar-refractivity contribution in [2.24, 2.45) is 10.7 Å². The SMILES string of the molecule is CN=C(NCCNC(=O)c1nc(Cl)c(N)nc1N)NC(N)=O.Cl. The van der Waals surface area contributed by atoms with Crippen molar-refractivity contribution in [2.75, 3.05) is 31.6 Å². The Bertz CT molecular complexity index is 608. The standard InChI is InChI=1S/C10H16ClN9O2.ClH/c1-15-10(20-9(14)22)17-3-2-16-8(21)4-6(12)19-7(13)5(11)18-4;/h2-3H2,1H3,(H,16,21)(H4,12,13,19)(H4,14,15,17,20,22);1H. The number of nitrogens with two attached hydrogens (primary N) is 3. The van der Waals surface area contributed by atoms with Gasteiger partial charge in [-0.15, -0.1) is 12.4 Å². The van der Waals surface area contributed by atoms with Crippen LogP contribution in [-0.2, 0) is 0 Å². The van der Waals surface area contributed by atoms with Crippen LogP contribution in [0.3, 0.4) is 0 Å². The number of halogens is 2. The van der Waals surface area contributed by atoms with E-state index in [-0.39, 0.29) is 53.9 Å². The summed E-state index contributed by atoms with van der Waals surface area (Å²) >= 11 is 5.69. The van der Waals surface area contributed by atoms with Crippen molar-refractivity contribution in [3.63, 3.8) is 0 Å². The van der Waals surface area contributed by atoms with Gasteiger partial charge in [-0.2, -0.15) is 0 Å². The highest BCUT2D eigenvalue weighted by Gasteiger charge is 2.15. The minimum atomic E-state index is -0.753. The number of hydrogen-bond donors (Lipinski definition) is 6. The zero-order valence-electron chi connectivity index (χ0n) is 12.1. The van der Waals surface area contributed by atoms with E-state index in [9.17, 15) is 9.59 Å². The Morgan fingerprint density at radius 1 is 1.17 bits per heavy atom. The van der Waals surface area contributed by atoms with Gasteiger partial charge >= 0.3 is 6.03 Å². The fourth-order valence-corrected chi connectivity index (χ4v) is 1.47. The van der Waals surface area contributed by atoms with Crippen LogP contribution in [0.1, 0.15) is 10.5 Å². The summed E-state index contributed by atoms with van der Waals surface area (Å²) < 4.78 is 0. The van der Waals surface area contributed by atoms with Gasteiger partial charge in [-0.25, -0.2) is 14.8 Å². The maximum atomic E-state index is 11.9. The van der Waals surface area contributed by atoms with Crippen molar-refractivity contribution in [2.45, 2.75) is 0 Å². The molecule has 13 heteroatoms. The lowest BCUT2D eigenvalue weighted by Crippen LogP contribution is -2.45. The number of aliphatic imine (C=N–C) groups is 1. The van der Waals surface area contributed by atoms with Crippen LogP contribution in [0.2, 0.25) is 5.15 Å². The maximum Gasteiger partial charge on any atom is 0.318 e. The van der Waals surface area contributed by atoms with Crippen molar-refractivity contribution in [1.29, 1.82) is 0 Å². The van der Waals surface area contributed by atoms with E-state index in [1.807, 2.05) is 0 Å². The third-order valence-corrected chi connectivity index (χ3v) is 2.57. The highest BCUT2D eigenvalue weighted by Crippen LogP contribution is 2.16. The maximum absolute atomic E-state index is 11.9. The first-order valence-electron chi connectivity index (χ1n) is 5.99. The van der Waals surface area contributed by atoms with Crippen LogP contribution in [0.4, 0.5) is 16.4 Å². The molecule has 0 aliphatic carbocycles. The summed E-state index contributed by atoms with van der Waals surface area (Å²) in [4.78, 5) is 33.8. The molecule has 1 heterocycles. The predicted molar refractivity (Wildman–Crippen MR) is 89.5 cm³/mol. The zero-order chi connectivity index (χ0) is 16.7. The van der Waals surface area contributed by atoms with E-state index in [0.29, 0.717) is 0 Å². The molecule has 11 nitrogen and oxygen atoms in total. The molecule has 1 rings (SSSR count). The zero-order valence-corrected chi connectivity index (χ0v) is 13.7. The second-order valence-electron chi connectivity index (χ2n) is 3.88. The molecule has 0 saturated heterocycles. The van der Waals surface area contributed by atoms with Crippen molar-refractivity contribution >= 4 is 53.5 Å². The lowest BCUT2D eigenvalue weighted by molar-refractivity contribution is 0.0950. The second kappa shape index (κ2) is 9.48. The van der Waals surface area contributed by atoms with Gasteiger partial charge in [0.25, 0.3) is 5.91 Å². The lowest BCUT2D eigenvalue weighted by Gasteiger charge is -2.10. The van der Waals surface area contributed by atoms with Gasteiger partial charge in [0.15, 0.2) is 28.4 Å². The number of urea groups is 1. The van der Waals surface area contributed by atoms with Crippen LogP contribution in [-0.4, -0.2) is 48.0 Å². The van der Waals surface area contributed by atoms with E-state index in [1.165, 1.54) is 7.05 Å². The normalized spacial score (nSPS) is 10.4. The molecule has 0 spiro atoms. The molecule has 9 N–H and O–H groups in total. The predicted octanol–water partition coefficient (Wildman–Crippen LogP) is -1.31. The second-order valence-corrected chi connectivity index (χ2v) is 4.24. The summed E-state index contributed by atoms with van der Waals surface area (Å²) in [6.45, 7) is 0.468. The van der Waals surface area contributed by atoms with Gasteiger partial charge in [0.1, 0.15) is 0 Å². The van der Waals surface area contributed by atoms with Gasteiger partial charge < -0.3 is 27.8 Å². The third kappa shape index (κ3) is 6.40. The molecule has 0 aromatic carbocycles. The number of nitrogens with zero attached hydrogens (tertiary/aromatic N) is 3. The highest BCUT2D eigenvalue weighted by atomic mass is 35.5. The van der Waals surface area contributed by atoms with Crippen LogP contribution >= 0.6 is 24.0 Å². The number of nitrogens with one attached hydrogen (secondary N) is 3. The van der Waals surface area contributed by atoms with E-state index in [1.54, 1.807) is 0 Å². The number of nitrogen functional groups attached to an aromatic ring is 2. The van der Waals surface area contributed by atoms with Gasteiger partial charge in [0.2, 0.25) is 0 Å². The fraction of sp³-hybridized carbons (Fsp3) is 0.300. The number of aromatic nitrogens is 2. The van der Waals surface area contributed by atoms with Crippen LogP contribution in [0.15, 0.2) is 4.99 Å². The molecule has 0 radical (unpaired) electrons. The van der Waals surface area contributed by atoms with Crippen molar-refractivity contribution in [1.82, 2.24) is 25.9 Å². The van der Waals surface area contributed by atoms with Crippen LogP contribution in [0, 0.1) is 0 Å². The Morgan fingerprint density at radius 3 is 2.35 bits per heavy atom. The average molecular weight is 366 g/mol. The van der Waals surface area contributed by atoms with Gasteiger partial charge in [-0.05, 0) is 0 Å². The molecule has 23 heavy (non-hydrogen) atoms. The Labute approximate surface area is 142 Å². The third-order valence-electron chi connectivity index (χ3n) is 2.29. The van der Waals surface area contributed by atoms with Crippen LogP contribution in [0.5, 0.6) is 0 Å². The molecule has 0 fully saturated rings. The van der Waals surface area contributed by atoms with Gasteiger partial charge in [0, 0.05) is 20.1 Å². The number of anilines is 2. The Kier molecular flexibility index (Phi) is 8.44. The molecule has 128 valence electrons. The molecule has 3 amide bonds. The van der Waals surface area contributed by atoms with E-state index >= 15 is 0 Å². The number of hydrogen-bond acceptors (Lipinski definition) is 7. The molecule has 0 aliphatic heterocycles. The molecule has 1 aromatic rings. The quantitative estimate of drug-likeness (QED) is 0.217. The van der Waals surface area contributed by atoms with Crippen LogP contribution in [0.25, 0.3) is 0 Å². The van der Waals surface area contributed by atoms with Crippen LogP contribution < -0.4 is 33.2 Å². The number of carbonyl (C=O) groups is 2. The molecular formula is C10H17Cl2N9O2. The van der Waals surface area contributed by atoms with E-state index < -0.39 is 11.9 Å². The molecule has 0 aliphatic rings. The van der Waals surface area contributed by atoms with Gasteiger partial charge in [-0.1, -0.05) is 11.6 Å². The number of primary amides is 1. The molecule has 1 aromatic heterocycles. The molecule has 0 saturated carbocycles. The molecule has 0 atom stereocenters. The summed E-state index contributed by atoms with van der Waals surface area (Å²) in [5.41, 5.74) is 15.8. The number of carbonyl (C=O) groups excluding carboxylic acids is 2. The topological polar surface area (TPSA) is 186 Å². The summed E-state index contributed by atoms with van der Waals surface area (Å²) in [6, 6.07) is -0.753. The summed E-state index contributed by atoms with van der Waals surface area (Å²) in [5.74, 6) is -0.569. The Morgan fingerprint density at radius 2 is 1.78 bits per heavy atom. The van der Waals surface area contributed by atoms with Crippen molar-refractivity contribution in [3.05, 3.63) is 10.8 Å². The number of amides is 3. The van der Waals surface area contributed by atoms with E-state index in [2.05, 4.69) is 30.9 Å². The minimum Gasteiger partial charge on any atom is -0.382 e. The Balaban J connectivity index is 0.00000484. The number of guanidine groups is 1. The first-order chi connectivity index (χ1) is 10.3. The minimum absolute atomic E-state index is 0. The van der Waals surface area contributed by atoms with Crippen molar-refractivity contribution in [3.8, 4) is 0 Å². The first-order valence-corrected chi connectivity index (χ1v) is 6.36. The molecular weight excluding hydrogens is 349 g/mol. The van der Waals surface area contributed by atoms with E-state index in [4.69, 9.17) is 28.8 Å². The Hall–Kier alpha value is -2.53. The lowest BCUT2D eigenvalue weighted by atomic mass is 10.3. The monoisotopic (exact) mass is 365 g/mol. The van der Waals surface area contributed by atoms with Crippen molar-refractivity contribution < 1.29 is 9.59 Å². The summed E-state index contributed by atoms with van der Waals surface area (Å²) in [7, 11) is 1.46. The average Bonchev–Trinajstić information content (AvgIpc) is 2.45. The summed E-state index contributed by atoms with van der Waals surface area (Å²) in [6.07, 6.45) is 0. The largest absolute Gasteiger partial charge is 0.382 e. The van der Waals surface area contributed by atoms with Gasteiger partial charge in [-0.3, -0.25) is 15.1 Å². The van der Waals surface area contributed by atoms with Gasteiger partial charge in [0.05, 0.1) is 0 Å². The highest BCUT2D eigenvalue weighted by molar-refractivity contribution is 6.31. The fourth-order valence-electron chi connectivity index (χ4n) is 1.35. The van der Waals surface area contributed by atoms with E-state index in [0.717, 1.165) is 0 Å². The number of rotatable bonds is 4.